The van der Waals surface area contributed by atoms with Crippen molar-refractivity contribution < 1.29 is 19.2 Å². The minimum atomic E-state index is -0.410. The fraction of sp³-hybridized carbons (Fsp3) is 0.133. The van der Waals surface area contributed by atoms with Gasteiger partial charge in [0.1, 0.15) is 12.4 Å². The molecule has 0 N–H and O–H groups in total. The third-order valence-electron chi connectivity index (χ3n) is 6.34. The van der Waals surface area contributed by atoms with Crippen LogP contribution in [0.25, 0.3) is 11.8 Å². The standard InChI is InChI=1S/C30H25N3O5S2/c1-20-18-22(19-28-29(34)31(30(35)40-28)16-17-38-25-6-4-3-5-7-25)21(2)32(20)23-8-12-26(13-9-23)39-27-14-10-24(11-15-27)33(36)37/h3-15,18-19H,16-17H2,1-2H3/b28-19-. The van der Waals surface area contributed by atoms with Gasteiger partial charge in [-0.25, -0.2) is 0 Å². The molecule has 0 aliphatic carbocycles. The summed E-state index contributed by atoms with van der Waals surface area (Å²) < 4.78 is 7.76. The van der Waals surface area contributed by atoms with Gasteiger partial charge in [-0.3, -0.25) is 24.6 Å². The van der Waals surface area contributed by atoms with Gasteiger partial charge in [0.2, 0.25) is 0 Å². The van der Waals surface area contributed by atoms with Crippen LogP contribution in [0.2, 0.25) is 0 Å². The van der Waals surface area contributed by atoms with Crippen LogP contribution in [-0.4, -0.2) is 38.7 Å². The van der Waals surface area contributed by atoms with Crippen molar-refractivity contribution in [3.63, 3.8) is 0 Å². The Bertz CT molecular complexity index is 1600. The van der Waals surface area contributed by atoms with E-state index in [0.717, 1.165) is 44.2 Å². The van der Waals surface area contributed by atoms with Crippen molar-refractivity contribution in [1.82, 2.24) is 9.47 Å². The first-order chi connectivity index (χ1) is 19.3. The summed E-state index contributed by atoms with van der Waals surface area (Å²) in [6, 6.07) is 25.8. The molecule has 0 saturated carbocycles. The van der Waals surface area contributed by atoms with E-state index in [2.05, 4.69) is 4.57 Å². The summed E-state index contributed by atoms with van der Waals surface area (Å²) in [6.45, 7) is 4.38. The van der Waals surface area contributed by atoms with Gasteiger partial charge < -0.3 is 9.30 Å². The van der Waals surface area contributed by atoms with Crippen LogP contribution in [-0.2, 0) is 4.79 Å². The molecule has 0 unspecified atom stereocenters. The van der Waals surface area contributed by atoms with Gasteiger partial charge in [-0.1, -0.05) is 30.0 Å². The lowest BCUT2D eigenvalue weighted by Gasteiger charge is -2.13. The fourth-order valence-corrected chi connectivity index (χ4v) is 6.04. The summed E-state index contributed by atoms with van der Waals surface area (Å²) in [6.07, 6.45) is 1.78. The second kappa shape index (κ2) is 11.8. The van der Waals surface area contributed by atoms with Crippen LogP contribution in [0, 0.1) is 24.0 Å². The van der Waals surface area contributed by atoms with Gasteiger partial charge in [0.25, 0.3) is 16.8 Å². The van der Waals surface area contributed by atoms with E-state index in [1.807, 2.05) is 74.5 Å². The Hall–Kier alpha value is -4.28. The van der Waals surface area contributed by atoms with Crippen molar-refractivity contribution >= 4 is 46.4 Å². The molecule has 0 spiro atoms. The number of thioether (sulfide) groups is 1. The number of hydrogen-bond donors (Lipinski definition) is 0. The molecule has 2 heterocycles. The Balaban J connectivity index is 1.27. The zero-order valence-electron chi connectivity index (χ0n) is 21.8. The van der Waals surface area contributed by atoms with Crippen molar-refractivity contribution in [2.24, 2.45) is 0 Å². The van der Waals surface area contributed by atoms with E-state index in [9.17, 15) is 19.7 Å². The Morgan fingerprint density at radius 1 is 0.950 bits per heavy atom. The number of amides is 2. The summed E-state index contributed by atoms with van der Waals surface area (Å²) in [4.78, 5) is 39.5. The van der Waals surface area contributed by atoms with E-state index < -0.39 is 4.92 Å². The molecule has 202 valence electrons. The topological polar surface area (TPSA) is 94.7 Å². The lowest BCUT2D eigenvalue weighted by Crippen LogP contribution is -2.32. The summed E-state index contributed by atoms with van der Waals surface area (Å²) >= 11 is 2.47. The average Bonchev–Trinajstić information content (AvgIpc) is 3.38. The number of nitro groups is 1. The number of aryl methyl sites for hydroxylation is 1. The van der Waals surface area contributed by atoms with Gasteiger partial charge in [0.15, 0.2) is 0 Å². The van der Waals surface area contributed by atoms with Crippen LogP contribution in [0.15, 0.2) is 99.6 Å². The number of hydrogen-bond acceptors (Lipinski definition) is 7. The molecule has 5 rings (SSSR count). The van der Waals surface area contributed by atoms with Crippen molar-refractivity contribution in [3.05, 3.63) is 117 Å². The zero-order valence-corrected chi connectivity index (χ0v) is 23.4. The molecular weight excluding hydrogens is 546 g/mol. The van der Waals surface area contributed by atoms with Crippen molar-refractivity contribution in [2.45, 2.75) is 23.6 Å². The van der Waals surface area contributed by atoms with Crippen LogP contribution >= 0.6 is 23.5 Å². The number of nitro benzene ring substituents is 1. The van der Waals surface area contributed by atoms with Gasteiger partial charge in [0.05, 0.1) is 16.4 Å². The van der Waals surface area contributed by atoms with Crippen molar-refractivity contribution in [2.75, 3.05) is 13.2 Å². The fourth-order valence-electron chi connectivity index (χ4n) is 4.37. The molecule has 4 aromatic rings. The van der Waals surface area contributed by atoms with Gasteiger partial charge in [0, 0.05) is 39.0 Å². The van der Waals surface area contributed by atoms with Crippen LogP contribution in [0.4, 0.5) is 10.5 Å². The highest BCUT2D eigenvalue weighted by atomic mass is 32.2. The SMILES string of the molecule is Cc1cc(/C=C2\SC(=O)N(CCOc3ccccc3)C2=O)c(C)n1-c1ccc(Sc2ccc([N+](=O)[O-])cc2)cc1. The summed E-state index contributed by atoms with van der Waals surface area (Å²) in [5, 5.41) is 10.6. The third-order valence-corrected chi connectivity index (χ3v) is 8.26. The molecule has 1 fully saturated rings. The number of carbonyl (C=O) groups is 2. The molecule has 1 saturated heterocycles. The molecule has 1 aliphatic rings. The quantitative estimate of drug-likeness (QED) is 0.118. The Morgan fingerprint density at radius 2 is 1.60 bits per heavy atom. The Labute approximate surface area is 239 Å². The second-order valence-electron chi connectivity index (χ2n) is 9.00. The van der Waals surface area contributed by atoms with Crippen molar-refractivity contribution in [3.8, 4) is 11.4 Å². The van der Waals surface area contributed by atoms with Crippen LogP contribution in [0.1, 0.15) is 17.0 Å². The highest BCUT2D eigenvalue weighted by Crippen LogP contribution is 2.34. The maximum absolute atomic E-state index is 13.0. The Morgan fingerprint density at radius 3 is 2.25 bits per heavy atom. The lowest BCUT2D eigenvalue weighted by atomic mass is 10.2. The van der Waals surface area contributed by atoms with E-state index in [4.69, 9.17) is 4.74 Å². The largest absolute Gasteiger partial charge is 0.492 e. The van der Waals surface area contributed by atoms with Gasteiger partial charge in [-0.05, 0) is 91.8 Å². The molecule has 2 amide bonds. The molecule has 8 nitrogen and oxygen atoms in total. The summed E-state index contributed by atoms with van der Waals surface area (Å²) in [7, 11) is 0. The normalized spacial score (nSPS) is 14.2. The zero-order chi connectivity index (χ0) is 28.2. The number of imide groups is 1. The number of para-hydroxylation sites is 1. The molecular formula is C30H25N3O5S2. The Kier molecular flexibility index (Phi) is 8.09. The van der Waals surface area contributed by atoms with Gasteiger partial charge in [-0.2, -0.15) is 0 Å². The molecule has 3 aromatic carbocycles. The van der Waals surface area contributed by atoms with E-state index in [1.54, 1.807) is 18.2 Å². The number of ether oxygens (including phenoxy) is 1. The minimum absolute atomic E-state index is 0.0656. The van der Waals surface area contributed by atoms with Gasteiger partial charge in [-0.15, -0.1) is 0 Å². The number of benzene rings is 3. The maximum atomic E-state index is 13.0. The number of nitrogens with zero attached hydrogens (tertiary/aromatic N) is 3. The average molecular weight is 572 g/mol. The first kappa shape index (κ1) is 27.3. The highest BCUT2D eigenvalue weighted by molar-refractivity contribution is 8.18. The first-order valence-electron chi connectivity index (χ1n) is 12.4. The van der Waals surface area contributed by atoms with Crippen LogP contribution in [0.5, 0.6) is 5.75 Å². The summed E-state index contributed by atoms with van der Waals surface area (Å²) in [5.41, 5.74) is 3.85. The van der Waals surface area contributed by atoms with E-state index in [-0.39, 0.29) is 30.0 Å². The predicted octanol–water partition coefficient (Wildman–Crippen LogP) is 7.27. The molecule has 0 atom stereocenters. The molecule has 0 bridgehead atoms. The number of carbonyl (C=O) groups excluding carboxylic acids is 2. The number of rotatable bonds is 9. The van der Waals surface area contributed by atoms with E-state index in [1.165, 1.54) is 28.8 Å². The highest BCUT2D eigenvalue weighted by Gasteiger charge is 2.35. The molecule has 1 aliphatic heterocycles. The molecule has 40 heavy (non-hydrogen) atoms. The summed E-state index contributed by atoms with van der Waals surface area (Å²) in [5.74, 6) is 0.375. The third kappa shape index (κ3) is 5.98. The molecule has 10 heteroatoms. The minimum Gasteiger partial charge on any atom is -0.492 e. The monoisotopic (exact) mass is 571 g/mol. The van der Waals surface area contributed by atoms with E-state index in [0.29, 0.717) is 10.7 Å². The van der Waals surface area contributed by atoms with Crippen LogP contribution < -0.4 is 4.74 Å². The van der Waals surface area contributed by atoms with Crippen LogP contribution in [0.3, 0.4) is 0 Å². The van der Waals surface area contributed by atoms with Gasteiger partial charge >= 0.3 is 0 Å². The number of aromatic nitrogens is 1. The molecule has 0 radical (unpaired) electrons. The second-order valence-corrected chi connectivity index (χ2v) is 11.1. The van der Waals surface area contributed by atoms with E-state index >= 15 is 0 Å². The first-order valence-corrected chi connectivity index (χ1v) is 14.1. The molecule has 1 aromatic heterocycles. The maximum Gasteiger partial charge on any atom is 0.293 e. The smallest absolute Gasteiger partial charge is 0.293 e. The predicted molar refractivity (Wildman–Crippen MR) is 157 cm³/mol. The van der Waals surface area contributed by atoms with Crippen molar-refractivity contribution in [1.29, 1.82) is 0 Å². The lowest BCUT2D eigenvalue weighted by molar-refractivity contribution is -0.384. The number of non-ortho nitro benzene ring substituents is 1.